The maximum Gasteiger partial charge on any atom is 0.282 e. The van der Waals surface area contributed by atoms with Crippen LogP contribution in [0.1, 0.15) is 65.6 Å². The Morgan fingerprint density at radius 1 is 1.10 bits per heavy atom. The molecule has 0 saturated carbocycles. The van der Waals surface area contributed by atoms with Crippen molar-refractivity contribution in [2.75, 3.05) is 19.6 Å². The van der Waals surface area contributed by atoms with Crippen LogP contribution in [-0.2, 0) is 16.8 Å². The number of hydrogen-bond donors (Lipinski definition) is 1. The van der Waals surface area contributed by atoms with Crippen LogP contribution in [0.2, 0.25) is 0 Å². The first-order chi connectivity index (χ1) is 15.0. The Morgan fingerprint density at radius 2 is 1.81 bits per heavy atom. The van der Waals surface area contributed by atoms with Crippen molar-refractivity contribution < 1.29 is 13.2 Å². The maximum atomic E-state index is 13.4. The Morgan fingerprint density at radius 3 is 2.55 bits per heavy atom. The molecule has 1 amide bonds. The van der Waals surface area contributed by atoms with Gasteiger partial charge < -0.3 is 5.32 Å². The van der Waals surface area contributed by atoms with Crippen molar-refractivity contribution in [3.8, 4) is 0 Å². The van der Waals surface area contributed by atoms with Gasteiger partial charge in [-0.1, -0.05) is 36.8 Å². The Bertz CT molecular complexity index is 1020. The zero-order valence-corrected chi connectivity index (χ0v) is 18.6. The molecule has 0 bridgehead atoms. The minimum Gasteiger partial charge on any atom is -0.348 e. The maximum absolute atomic E-state index is 13.4. The summed E-state index contributed by atoms with van der Waals surface area (Å²) in [4.78, 5) is 21.8. The highest BCUT2D eigenvalue weighted by molar-refractivity contribution is 7.86. The number of nitrogens with one attached hydrogen (secondary N) is 1. The summed E-state index contributed by atoms with van der Waals surface area (Å²) in [6.07, 6.45) is 5.64. The Balaban J connectivity index is 1.62. The van der Waals surface area contributed by atoms with Crippen molar-refractivity contribution in [3.05, 3.63) is 59.2 Å². The van der Waals surface area contributed by atoms with Gasteiger partial charge in [0.15, 0.2) is 0 Å². The predicted octanol–water partition coefficient (Wildman–Crippen LogP) is 2.58. The molecule has 1 N–H and O–H groups in total. The quantitative estimate of drug-likeness (QED) is 0.740. The van der Waals surface area contributed by atoms with E-state index in [0.717, 1.165) is 31.2 Å². The van der Waals surface area contributed by atoms with E-state index in [1.54, 1.807) is 15.5 Å². The molecular weight excluding hydrogens is 414 g/mol. The van der Waals surface area contributed by atoms with Crippen molar-refractivity contribution >= 4 is 16.1 Å². The minimum atomic E-state index is -3.60. The van der Waals surface area contributed by atoms with Gasteiger partial charge in [0.05, 0.1) is 17.3 Å². The molecule has 0 aliphatic carbocycles. The Labute approximate surface area is 183 Å². The Hall–Kier alpha value is -2.36. The fraction of sp³-hybridized carbons (Fsp3) is 0.500. The molecule has 2 fully saturated rings. The minimum absolute atomic E-state index is 0.289. The normalized spacial score (nSPS) is 20.6. The Kier molecular flexibility index (Phi) is 6.64. The number of aryl methyl sites for hydroxylation is 1. The summed E-state index contributed by atoms with van der Waals surface area (Å²) in [5.74, 6) is 0.238. The first kappa shape index (κ1) is 21.9. The third kappa shape index (κ3) is 4.78. The molecule has 1 unspecified atom stereocenters. The fourth-order valence-electron chi connectivity index (χ4n) is 4.31. The SMILES string of the molecule is Cc1ncc(C(=O)NCc2ccccc2)c(C2CCCCN2S(=O)(=O)N2CCCC2)n1. The van der Waals surface area contributed by atoms with Crippen molar-refractivity contribution in [1.82, 2.24) is 23.9 Å². The van der Waals surface area contributed by atoms with E-state index in [9.17, 15) is 13.2 Å². The molecule has 8 nitrogen and oxygen atoms in total. The van der Waals surface area contributed by atoms with Gasteiger partial charge in [-0.2, -0.15) is 17.0 Å². The van der Waals surface area contributed by atoms with E-state index in [-0.39, 0.29) is 5.91 Å². The van der Waals surface area contributed by atoms with E-state index in [1.807, 2.05) is 30.3 Å². The zero-order valence-electron chi connectivity index (χ0n) is 17.8. The smallest absolute Gasteiger partial charge is 0.282 e. The molecular formula is C22H29N5O3S. The zero-order chi connectivity index (χ0) is 21.8. The number of carbonyl (C=O) groups excluding carboxylic acids is 1. The number of benzene rings is 1. The standard InChI is InChI=1S/C22H29N5O3S/c1-17-23-16-19(22(28)24-15-18-9-3-2-4-10-18)21(25-17)20-11-5-6-14-27(20)31(29,30)26-12-7-8-13-26/h2-4,9-10,16,20H,5-8,11-15H2,1H3,(H,24,28). The van der Waals surface area contributed by atoms with Crippen LogP contribution in [0.15, 0.2) is 36.5 Å². The number of hydrogen-bond acceptors (Lipinski definition) is 5. The van der Waals surface area contributed by atoms with Crippen LogP contribution in [0.25, 0.3) is 0 Å². The number of amides is 1. The van der Waals surface area contributed by atoms with Crippen LogP contribution < -0.4 is 5.32 Å². The summed E-state index contributed by atoms with van der Waals surface area (Å²) in [7, 11) is -3.60. The van der Waals surface area contributed by atoms with Gasteiger partial charge in [-0.15, -0.1) is 0 Å². The highest BCUT2D eigenvalue weighted by atomic mass is 32.2. The van der Waals surface area contributed by atoms with E-state index < -0.39 is 16.3 Å². The molecule has 0 radical (unpaired) electrons. The molecule has 0 spiro atoms. The molecule has 31 heavy (non-hydrogen) atoms. The highest BCUT2D eigenvalue weighted by Crippen LogP contribution is 2.35. The summed E-state index contributed by atoms with van der Waals surface area (Å²) in [5, 5.41) is 2.93. The number of rotatable bonds is 6. The first-order valence-electron chi connectivity index (χ1n) is 10.9. The van der Waals surface area contributed by atoms with Crippen molar-refractivity contribution in [2.24, 2.45) is 0 Å². The monoisotopic (exact) mass is 443 g/mol. The van der Waals surface area contributed by atoms with Crippen LogP contribution in [0.4, 0.5) is 0 Å². The van der Waals surface area contributed by atoms with Crippen molar-refractivity contribution in [2.45, 2.75) is 51.6 Å². The average Bonchev–Trinajstić information content (AvgIpc) is 3.34. The number of piperidine rings is 1. The van der Waals surface area contributed by atoms with E-state index in [2.05, 4.69) is 15.3 Å². The van der Waals surface area contributed by atoms with Crippen molar-refractivity contribution in [3.63, 3.8) is 0 Å². The van der Waals surface area contributed by atoms with E-state index in [1.165, 1.54) is 6.20 Å². The lowest BCUT2D eigenvalue weighted by Crippen LogP contribution is -2.47. The number of nitrogens with zero attached hydrogens (tertiary/aromatic N) is 4. The second-order valence-corrected chi connectivity index (χ2v) is 10.0. The predicted molar refractivity (Wildman–Crippen MR) is 117 cm³/mol. The third-order valence-electron chi connectivity index (χ3n) is 5.94. The molecule has 166 valence electrons. The molecule has 2 aliphatic rings. The molecule has 3 heterocycles. The molecule has 1 aromatic carbocycles. The first-order valence-corrected chi connectivity index (χ1v) is 12.3. The fourth-order valence-corrected chi connectivity index (χ4v) is 6.21. The summed E-state index contributed by atoms with van der Waals surface area (Å²) in [6.45, 7) is 3.69. The summed E-state index contributed by atoms with van der Waals surface area (Å²) >= 11 is 0. The van der Waals surface area contributed by atoms with Crippen molar-refractivity contribution in [1.29, 1.82) is 0 Å². The third-order valence-corrected chi connectivity index (χ3v) is 7.98. The molecule has 2 aromatic rings. The van der Waals surface area contributed by atoms with Gasteiger partial charge in [-0.3, -0.25) is 4.79 Å². The average molecular weight is 444 g/mol. The number of aromatic nitrogens is 2. The lowest BCUT2D eigenvalue weighted by atomic mass is 9.98. The van der Waals surface area contributed by atoms with E-state index >= 15 is 0 Å². The van der Waals surface area contributed by atoms with Gasteiger partial charge in [0.1, 0.15) is 5.82 Å². The van der Waals surface area contributed by atoms with Gasteiger partial charge in [0.2, 0.25) is 0 Å². The molecule has 2 aliphatic heterocycles. The second-order valence-electron chi connectivity index (χ2n) is 8.12. The van der Waals surface area contributed by atoms with Crippen LogP contribution in [0, 0.1) is 6.92 Å². The molecule has 4 rings (SSSR count). The molecule has 1 aromatic heterocycles. The van der Waals surface area contributed by atoms with Crippen LogP contribution in [0.5, 0.6) is 0 Å². The van der Waals surface area contributed by atoms with Gasteiger partial charge >= 0.3 is 0 Å². The van der Waals surface area contributed by atoms with Gasteiger partial charge in [0.25, 0.3) is 16.1 Å². The summed E-state index contributed by atoms with van der Waals surface area (Å²) < 4.78 is 29.8. The summed E-state index contributed by atoms with van der Waals surface area (Å²) in [6, 6.07) is 9.20. The van der Waals surface area contributed by atoms with Crippen LogP contribution in [0.3, 0.4) is 0 Å². The van der Waals surface area contributed by atoms with Crippen LogP contribution >= 0.6 is 0 Å². The largest absolute Gasteiger partial charge is 0.348 e. The molecule has 9 heteroatoms. The van der Waals surface area contributed by atoms with Gasteiger partial charge in [-0.25, -0.2) is 9.97 Å². The molecule has 2 saturated heterocycles. The summed E-state index contributed by atoms with van der Waals surface area (Å²) in [5.41, 5.74) is 1.83. The lowest BCUT2D eigenvalue weighted by molar-refractivity contribution is 0.0946. The van der Waals surface area contributed by atoms with Crippen LogP contribution in [-0.4, -0.2) is 52.5 Å². The second kappa shape index (κ2) is 9.42. The topological polar surface area (TPSA) is 95.5 Å². The van der Waals surface area contributed by atoms with Gasteiger partial charge in [-0.05, 0) is 38.2 Å². The molecule has 1 atom stereocenters. The number of carbonyl (C=O) groups is 1. The lowest BCUT2D eigenvalue weighted by Gasteiger charge is -2.37. The van der Waals surface area contributed by atoms with E-state index in [4.69, 9.17) is 0 Å². The highest BCUT2D eigenvalue weighted by Gasteiger charge is 2.40. The van der Waals surface area contributed by atoms with Gasteiger partial charge in [0, 0.05) is 32.4 Å². The van der Waals surface area contributed by atoms with E-state index in [0.29, 0.717) is 49.7 Å².